The maximum Gasteiger partial charge on any atom is 0.303 e. The third kappa shape index (κ3) is 2.95. The van der Waals surface area contributed by atoms with Gasteiger partial charge in [-0.25, -0.2) is 0 Å². The molecule has 16 heavy (non-hydrogen) atoms. The quantitative estimate of drug-likeness (QED) is 0.770. The predicted molar refractivity (Wildman–Crippen MR) is 62.2 cm³/mol. The Morgan fingerprint density at radius 2 is 2.00 bits per heavy atom. The van der Waals surface area contributed by atoms with E-state index in [2.05, 4.69) is 0 Å². The molecule has 4 heteroatoms. The van der Waals surface area contributed by atoms with Crippen LogP contribution in [0.4, 0.5) is 0 Å². The van der Waals surface area contributed by atoms with Crippen LogP contribution in [-0.2, 0) is 9.53 Å². The molecule has 3 N–H and O–H groups in total. The molecule has 4 nitrogen and oxygen atoms in total. The highest BCUT2D eigenvalue weighted by Crippen LogP contribution is 2.42. The van der Waals surface area contributed by atoms with Crippen LogP contribution in [-0.4, -0.2) is 29.3 Å². The van der Waals surface area contributed by atoms with Gasteiger partial charge < -0.3 is 15.6 Å². The van der Waals surface area contributed by atoms with Crippen molar-refractivity contribution >= 4 is 5.97 Å². The van der Waals surface area contributed by atoms with Gasteiger partial charge in [-0.15, -0.1) is 0 Å². The minimum absolute atomic E-state index is 0.0580. The molecule has 1 heterocycles. The number of carboxylic acid groups (broad SMARTS) is 1. The van der Waals surface area contributed by atoms with Crippen LogP contribution in [0.1, 0.15) is 46.5 Å². The number of hydrogen-bond donors (Lipinski definition) is 2. The Hall–Kier alpha value is -0.610. The van der Waals surface area contributed by atoms with Crippen molar-refractivity contribution in [2.45, 2.75) is 64.7 Å². The third-order valence-corrected chi connectivity index (χ3v) is 3.58. The van der Waals surface area contributed by atoms with E-state index in [-0.39, 0.29) is 30.1 Å². The van der Waals surface area contributed by atoms with Crippen LogP contribution in [0.3, 0.4) is 0 Å². The first-order chi connectivity index (χ1) is 7.39. The van der Waals surface area contributed by atoms with E-state index in [1.54, 1.807) is 0 Å². The SMILES string of the molecule is CCC(N)C1(CC(=O)O)CC(C)OC(C)C1. The second-order valence-corrected chi connectivity index (χ2v) is 5.11. The van der Waals surface area contributed by atoms with Gasteiger partial charge in [0.1, 0.15) is 0 Å². The molecule has 1 rings (SSSR count). The lowest BCUT2D eigenvalue weighted by atomic mass is 9.67. The lowest BCUT2D eigenvalue weighted by Crippen LogP contribution is -2.50. The molecule has 94 valence electrons. The number of carbonyl (C=O) groups is 1. The summed E-state index contributed by atoms with van der Waals surface area (Å²) in [6.07, 6.45) is 2.66. The molecular formula is C12H23NO3. The molecule has 0 amide bonds. The summed E-state index contributed by atoms with van der Waals surface area (Å²) >= 11 is 0. The summed E-state index contributed by atoms with van der Waals surface area (Å²) in [4.78, 5) is 11.0. The maximum absolute atomic E-state index is 11.0. The maximum atomic E-state index is 11.0. The van der Waals surface area contributed by atoms with E-state index in [1.807, 2.05) is 20.8 Å². The molecule has 0 aliphatic carbocycles. The lowest BCUT2D eigenvalue weighted by molar-refractivity contribution is -0.147. The first kappa shape index (κ1) is 13.5. The van der Waals surface area contributed by atoms with E-state index in [4.69, 9.17) is 15.6 Å². The molecule has 0 aromatic heterocycles. The van der Waals surface area contributed by atoms with Gasteiger partial charge in [-0.05, 0) is 33.1 Å². The van der Waals surface area contributed by atoms with Gasteiger partial charge >= 0.3 is 5.97 Å². The van der Waals surface area contributed by atoms with Gasteiger partial charge in [-0.3, -0.25) is 4.79 Å². The van der Waals surface area contributed by atoms with Gasteiger partial charge in [-0.1, -0.05) is 6.92 Å². The highest BCUT2D eigenvalue weighted by Gasteiger charge is 2.43. The Morgan fingerprint density at radius 1 is 1.50 bits per heavy atom. The molecule has 0 bridgehead atoms. The molecular weight excluding hydrogens is 206 g/mol. The van der Waals surface area contributed by atoms with E-state index >= 15 is 0 Å². The highest BCUT2D eigenvalue weighted by atomic mass is 16.5. The summed E-state index contributed by atoms with van der Waals surface area (Å²) < 4.78 is 5.67. The Labute approximate surface area is 97.2 Å². The minimum Gasteiger partial charge on any atom is -0.481 e. The van der Waals surface area contributed by atoms with Crippen molar-refractivity contribution in [3.63, 3.8) is 0 Å². The lowest BCUT2D eigenvalue weighted by Gasteiger charge is -2.45. The van der Waals surface area contributed by atoms with Crippen LogP contribution in [0.2, 0.25) is 0 Å². The zero-order chi connectivity index (χ0) is 12.3. The molecule has 1 aliphatic rings. The van der Waals surface area contributed by atoms with Crippen LogP contribution in [0.25, 0.3) is 0 Å². The van der Waals surface area contributed by atoms with Gasteiger partial charge in [0.05, 0.1) is 18.6 Å². The first-order valence-corrected chi connectivity index (χ1v) is 6.02. The van der Waals surface area contributed by atoms with Crippen LogP contribution in [0.5, 0.6) is 0 Å². The van der Waals surface area contributed by atoms with Crippen molar-refractivity contribution < 1.29 is 14.6 Å². The average molecular weight is 229 g/mol. The fourth-order valence-electron chi connectivity index (χ4n) is 3.03. The molecule has 0 saturated carbocycles. The van der Waals surface area contributed by atoms with Crippen molar-refractivity contribution in [2.75, 3.05) is 0 Å². The summed E-state index contributed by atoms with van der Waals surface area (Å²) in [5.74, 6) is -0.759. The normalized spacial score (nSPS) is 37.0. The highest BCUT2D eigenvalue weighted by molar-refractivity contribution is 5.68. The second kappa shape index (κ2) is 5.15. The predicted octanol–water partition coefficient (Wildman–Crippen LogP) is 1.77. The summed E-state index contributed by atoms with van der Waals surface area (Å²) in [6, 6.07) is -0.0580. The number of aliphatic carboxylic acids is 1. The van der Waals surface area contributed by atoms with Crippen LogP contribution in [0, 0.1) is 5.41 Å². The second-order valence-electron chi connectivity index (χ2n) is 5.11. The van der Waals surface area contributed by atoms with Crippen LogP contribution < -0.4 is 5.73 Å². The van der Waals surface area contributed by atoms with Crippen molar-refractivity contribution in [3.8, 4) is 0 Å². The monoisotopic (exact) mass is 229 g/mol. The third-order valence-electron chi connectivity index (χ3n) is 3.58. The molecule has 1 fully saturated rings. The number of rotatable bonds is 4. The Balaban J connectivity index is 2.88. The Bertz CT molecular complexity index is 245. The summed E-state index contributed by atoms with van der Waals surface area (Å²) in [6.45, 7) is 6.00. The number of nitrogens with two attached hydrogens (primary N) is 1. The smallest absolute Gasteiger partial charge is 0.303 e. The largest absolute Gasteiger partial charge is 0.481 e. The molecule has 0 aromatic carbocycles. The molecule has 3 unspecified atom stereocenters. The fraction of sp³-hybridized carbons (Fsp3) is 0.917. The van der Waals surface area contributed by atoms with E-state index in [9.17, 15) is 4.79 Å². The summed E-state index contributed by atoms with van der Waals surface area (Å²) in [5.41, 5.74) is 5.84. The van der Waals surface area contributed by atoms with Gasteiger partial charge in [-0.2, -0.15) is 0 Å². The molecule has 3 atom stereocenters. The summed E-state index contributed by atoms with van der Waals surface area (Å²) in [5, 5.41) is 9.05. The average Bonchev–Trinajstić information content (AvgIpc) is 2.13. The number of hydrogen-bond acceptors (Lipinski definition) is 3. The number of carboxylic acids is 1. The van der Waals surface area contributed by atoms with E-state index in [0.717, 1.165) is 19.3 Å². The fourth-order valence-corrected chi connectivity index (χ4v) is 3.03. The van der Waals surface area contributed by atoms with Crippen molar-refractivity contribution in [1.29, 1.82) is 0 Å². The van der Waals surface area contributed by atoms with E-state index in [0.29, 0.717) is 0 Å². The van der Waals surface area contributed by atoms with Crippen molar-refractivity contribution in [2.24, 2.45) is 11.1 Å². The zero-order valence-corrected chi connectivity index (χ0v) is 10.4. The van der Waals surface area contributed by atoms with Gasteiger partial charge in [0.2, 0.25) is 0 Å². The Morgan fingerprint density at radius 3 is 2.38 bits per heavy atom. The van der Waals surface area contributed by atoms with E-state index < -0.39 is 5.97 Å². The van der Waals surface area contributed by atoms with Crippen LogP contribution >= 0.6 is 0 Å². The molecule has 0 spiro atoms. The van der Waals surface area contributed by atoms with Crippen molar-refractivity contribution in [3.05, 3.63) is 0 Å². The summed E-state index contributed by atoms with van der Waals surface area (Å²) in [7, 11) is 0. The minimum atomic E-state index is -0.759. The first-order valence-electron chi connectivity index (χ1n) is 6.02. The Kier molecular flexibility index (Phi) is 4.33. The van der Waals surface area contributed by atoms with Gasteiger partial charge in [0.15, 0.2) is 0 Å². The zero-order valence-electron chi connectivity index (χ0n) is 10.4. The molecule has 1 saturated heterocycles. The molecule has 0 aromatic rings. The molecule has 1 aliphatic heterocycles. The standard InChI is InChI=1S/C12H23NO3/c1-4-10(13)12(7-11(14)15)5-8(2)16-9(3)6-12/h8-10H,4-7,13H2,1-3H3,(H,14,15). The van der Waals surface area contributed by atoms with Crippen LogP contribution in [0.15, 0.2) is 0 Å². The topological polar surface area (TPSA) is 72.6 Å². The van der Waals surface area contributed by atoms with Gasteiger partial charge in [0, 0.05) is 11.5 Å². The van der Waals surface area contributed by atoms with Gasteiger partial charge in [0.25, 0.3) is 0 Å². The number of ether oxygens (including phenoxy) is 1. The molecule has 0 radical (unpaired) electrons. The van der Waals surface area contributed by atoms with E-state index in [1.165, 1.54) is 0 Å². The van der Waals surface area contributed by atoms with Crippen molar-refractivity contribution in [1.82, 2.24) is 0 Å².